The van der Waals surface area contributed by atoms with Gasteiger partial charge in [-0.1, -0.05) is 94.3 Å². The van der Waals surface area contributed by atoms with Crippen LogP contribution in [0.2, 0.25) is 10.0 Å². The van der Waals surface area contributed by atoms with E-state index in [2.05, 4.69) is 60.1 Å². The monoisotopic (exact) mass is 1590 g/mol. The zero-order valence-corrected chi connectivity index (χ0v) is 63.3. The van der Waals surface area contributed by atoms with Crippen LogP contribution in [0.5, 0.6) is 46.0 Å². The second-order valence-electron chi connectivity index (χ2n) is 30.4. The highest BCUT2D eigenvalue weighted by molar-refractivity contribution is 6.32. The maximum absolute atomic E-state index is 16.3. The van der Waals surface area contributed by atoms with Crippen molar-refractivity contribution in [1.29, 1.82) is 0 Å². The van der Waals surface area contributed by atoms with Gasteiger partial charge in [0, 0.05) is 29.8 Å². The largest absolute Gasteiger partial charge is 0.508 e. The summed E-state index contributed by atoms with van der Waals surface area (Å²) in [6.07, 6.45) is -5.47. The molecule has 15 bridgehead atoms. The molecule has 19 N–H and O–H groups in total. The van der Waals surface area contributed by atoms with E-state index in [0.29, 0.717) is 18.3 Å². The molecule has 14 atom stereocenters. The van der Waals surface area contributed by atoms with Gasteiger partial charge in [0.1, 0.15) is 102 Å². The van der Waals surface area contributed by atoms with E-state index in [1.807, 2.05) is 13.8 Å². The molecule has 4 aliphatic carbocycles. The third kappa shape index (κ3) is 18.1. The Labute approximate surface area is 653 Å². The van der Waals surface area contributed by atoms with Gasteiger partial charge in [-0.3, -0.25) is 43.7 Å². The van der Waals surface area contributed by atoms with Crippen molar-refractivity contribution in [2.45, 2.75) is 195 Å². The van der Waals surface area contributed by atoms with Crippen LogP contribution in [0.15, 0.2) is 78.9 Å². The molecule has 10 amide bonds. The Balaban J connectivity index is 1.04. The van der Waals surface area contributed by atoms with Crippen molar-refractivity contribution in [2.24, 2.45) is 29.6 Å². The van der Waals surface area contributed by atoms with Gasteiger partial charge in [-0.15, -0.1) is 0 Å². The zero-order valence-electron chi connectivity index (χ0n) is 61.7. The average Bonchev–Trinajstić information content (AvgIpc) is 0.732. The Morgan fingerprint density at radius 1 is 0.616 bits per heavy atom. The van der Waals surface area contributed by atoms with Crippen molar-refractivity contribution in [3.05, 3.63) is 117 Å². The summed E-state index contributed by atoms with van der Waals surface area (Å²) in [5.41, 5.74) is -2.12. The number of carbonyl (C=O) groups excluding carboxylic acids is 9. The van der Waals surface area contributed by atoms with Gasteiger partial charge in [0.25, 0.3) is 0 Å². The first-order chi connectivity index (χ1) is 53.5. The quantitative estimate of drug-likeness (QED) is 0.0508. The molecule has 0 radical (unpaired) electrons. The summed E-state index contributed by atoms with van der Waals surface area (Å²) in [7, 11) is 1.48. The maximum Gasteiger partial charge on any atom is 0.321 e. The molecule has 6 aliphatic heterocycles. The lowest BCUT2D eigenvalue weighted by Gasteiger charge is -2.54. The van der Waals surface area contributed by atoms with Gasteiger partial charge in [-0.2, -0.15) is 0 Å². The van der Waals surface area contributed by atoms with Crippen molar-refractivity contribution in [2.75, 3.05) is 20.2 Å². The lowest BCUT2D eigenvalue weighted by atomic mass is 9.54. The van der Waals surface area contributed by atoms with E-state index in [0.717, 1.165) is 119 Å². The number of urea groups is 1. The van der Waals surface area contributed by atoms with Gasteiger partial charge in [-0.05, 0) is 164 Å². The van der Waals surface area contributed by atoms with E-state index in [9.17, 15) is 60.3 Å². The molecular formula is C78H94Cl2N10O22. The number of nitrogens with one attached hydrogen (secondary N) is 10. The molecule has 1 saturated heterocycles. The summed E-state index contributed by atoms with van der Waals surface area (Å²) < 4.78 is 25.4. The number of amides is 10. The van der Waals surface area contributed by atoms with Gasteiger partial charge in [0.15, 0.2) is 11.5 Å². The number of hydrogen-bond acceptors (Lipinski definition) is 23. The Bertz CT molecular complexity index is 4390. The number of unbranched alkanes of at least 4 members (excludes halogenated alkanes) is 5. The number of aliphatic hydroxyl groups is 6. The number of benzene rings is 5. The van der Waals surface area contributed by atoms with E-state index < -0.39 is 197 Å². The SMILES string of the molecule is CCCCCCCCNC(=O)NC(=O)C[C@@H]1NC(=O)[C@H](NC(=O)[C@@H](CC(C)C)NC)[C@H](O)c2ccc(c(Cl)c2)Oc2cc3cc(c2O[C@@H]2O[C@H](CO)[C@@H](O)[C@H](O)[C@H]2O)Oc2ccc(cc2Cl)[C@@H](O)[C@@H]2NC(=O)[C@H](NC(=O)[C@@H]3NC1=O)c1ccc(O)c(c1)-c1c(O)cc(O)cc1[C@@H](C(=O)NC1C3CC4CC(C3)CC1C4)NC2=O. The first-order valence-electron chi connectivity index (χ1n) is 37.7. The Morgan fingerprint density at radius 3 is 1.85 bits per heavy atom. The number of likely N-dealkylation sites (N-methyl/N-ethyl adjacent to an activating group) is 1. The number of phenolic OH excluding ortho intramolecular Hbond substituents is 3. The molecule has 5 aromatic rings. The molecule has 112 heavy (non-hydrogen) atoms. The second kappa shape index (κ2) is 35.2. The number of rotatable bonds is 19. The lowest BCUT2D eigenvalue weighted by Crippen LogP contribution is -2.60. The molecule has 32 nitrogen and oxygen atoms in total. The molecule has 0 unspecified atom stereocenters. The molecule has 0 aromatic heterocycles. The Morgan fingerprint density at radius 2 is 1.22 bits per heavy atom. The summed E-state index contributed by atoms with van der Waals surface area (Å²) in [5, 5.41) is 130. The van der Waals surface area contributed by atoms with Crippen molar-refractivity contribution in [1.82, 2.24) is 53.2 Å². The summed E-state index contributed by atoms with van der Waals surface area (Å²) in [4.78, 5) is 136. The van der Waals surface area contributed by atoms with Crippen LogP contribution >= 0.6 is 23.2 Å². The van der Waals surface area contributed by atoms with Gasteiger partial charge < -0.3 is 113 Å². The smallest absolute Gasteiger partial charge is 0.321 e. The number of imide groups is 1. The molecule has 602 valence electrons. The molecule has 15 rings (SSSR count). The predicted molar refractivity (Wildman–Crippen MR) is 400 cm³/mol. The van der Waals surface area contributed by atoms with Crippen molar-refractivity contribution in [3.8, 4) is 57.1 Å². The minimum Gasteiger partial charge on any atom is -0.508 e. The van der Waals surface area contributed by atoms with E-state index in [1.165, 1.54) is 31.3 Å². The molecular weight excluding hydrogens is 1500 g/mol. The van der Waals surface area contributed by atoms with Crippen molar-refractivity contribution in [3.63, 3.8) is 0 Å². The molecule has 0 spiro atoms. The van der Waals surface area contributed by atoms with E-state index in [4.69, 9.17) is 42.1 Å². The van der Waals surface area contributed by atoms with Crippen LogP contribution in [0.25, 0.3) is 11.1 Å². The highest BCUT2D eigenvalue weighted by Gasteiger charge is 2.51. The van der Waals surface area contributed by atoms with Gasteiger partial charge >= 0.3 is 6.03 Å². The normalized spacial score (nSPS) is 28.3. The third-order valence-corrected chi connectivity index (χ3v) is 22.6. The number of ether oxygens (including phenoxy) is 4. The van der Waals surface area contributed by atoms with Gasteiger partial charge in [-0.25, -0.2) is 4.79 Å². The lowest BCUT2D eigenvalue weighted by molar-refractivity contribution is -0.277. The number of fused-ring (bicyclic) bond motifs is 15. The molecule has 5 aromatic carbocycles. The van der Waals surface area contributed by atoms with E-state index in [1.54, 1.807) is 0 Å². The minimum atomic E-state index is -2.36. The fourth-order valence-corrected chi connectivity index (χ4v) is 16.9. The number of aromatic hydroxyl groups is 3. The first-order valence-corrected chi connectivity index (χ1v) is 38.5. The van der Waals surface area contributed by atoms with Crippen LogP contribution in [0.1, 0.15) is 162 Å². The number of hydrogen-bond donors (Lipinski definition) is 19. The van der Waals surface area contributed by atoms with Crippen molar-refractivity contribution >= 4 is 76.5 Å². The van der Waals surface area contributed by atoms with Crippen LogP contribution in [0.3, 0.4) is 0 Å². The summed E-state index contributed by atoms with van der Waals surface area (Å²) >= 11 is 14.2. The first kappa shape index (κ1) is 81.9. The van der Waals surface area contributed by atoms with Gasteiger partial charge in [0.05, 0.1) is 29.1 Å². The third-order valence-electron chi connectivity index (χ3n) is 22.0. The topological polar surface area (TPSA) is 493 Å². The maximum atomic E-state index is 16.3. The standard InChI is InChI=1S/C78H94Cl2N10O22/c1-5-6-7-8-9-10-17-82-78(108)84-56(95)31-48-71(102)86-60-41-27-53(109-51-15-12-37(25-45(51)79)64(96)62(75(106)83-48)89-70(101)47(81-4)18-33(2)3)69(112-77-68(100)67(99)66(98)55(32-91)111-77)54(28-41)110-52-16-13-38(26-46(52)80)65(97)63-76(107)88-61(74(105)85-58-39-20-34-19-35(22-39)23-40(58)21-34)44-29-42(92)30-50(94)57(44)43-24-36(11-14-49(43)93)59(72(103)90-63)87-73(60)104/h11-16,24-30,33-35,39-40,47-48,55,58-68,77,81,91-94,96-100H,5-10,17-23,31-32H2,1-4H3,(H,83,106)(H,85,105)(H,86,102)(H,87,104)(H,88,107)(H,89,101)(H,90,103)(H2,82,84,95,108)/t34?,35?,39?,40?,47-,48+,55-,58?,59-,60-,61+,62-,63+,64-,65-,66-,67+,68-,77+/m1/s1. The molecule has 5 fully saturated rings. The second-order valence-corrected chi connectivity index (χ2v) is 31.2. The molecule has 6 heterocycles. The summed E-state index contributed by atoms with van der Waals surface area (Å²) in [5.74, 6) is -13.2. The number of aliphatic hydroxyl groups excluding tert-OH is 6. The van der Waals surface area contributed by atoms with Gasteiger partial charge in [0.2, 0.25) is 59.3 Å². The summed E-state index contributed by atoms with van der Waals surface area (Å²) in [6.45, 7) is 4.89. The highest BCUT2D eigenvalue weighted by atomic mass is 35.5. The highest BCUT2D eigenvalue weighted by Crippen LogP contribution is 2.55. The van der Waals surface area contributed by atoms with Crippen LogP contribution in [-0.2, 0) is 43.1 Å². The summed E-state index contributed by atoms with van der Waals surface area (Å²) in [6, 6.07) is -0.821. The fraction of sp³-hybridized carbons (Fsp3) is 0.500. The molecule has 4 saturated carbocycles. The Kier molecular flexibility index (Phi) is 25.7. The Hall–Kier alpha value is -9.61. The van der Waals surface area contributed by atoms with E-state index >= 15 is 28.8 Å². The van der Waals surface area contributed by atoms with Crippen LogP contribution in [0.4, 0.5) is 4.79 Å². The fourth-order valence-electron chi connectivity index (χ4n) is 16.5. The predicted octanol–water partition coefficient (Wildman–Crippen LogP) is 4.43. The van der Waals surface area contributed by atoms with E-state index in [-0.39, 0.29) is 86.7 Å². The zero-order chi connectivity index (χ0) is 80.3. The van der Waals surface area contributed by atoms with Crippen LogP contribution < -0.4 is 67.4 Å². The average molecular weight is 1590 g/mol. The minimum absolute atomic E-state index is 0.0737. The van der Waals surface area contributed by atoms with Crippen LogP contribution in [0, 0.1) is 29.6 Å². The van der Waals surface area contributed by atoms with Crippen molar-refractivity contribution < 1.29 is 108 Å². The number of phenols is 3. The van der Waals surface area contributed by atoms with Crippen LogP contribution in [-0.4, -0.2) is 180 Å². The number of carbonyl (C=O) groups is 9. The molecule has 10 aliphatic rings. The number of halogens is 2. The molecule has 34 heteroatoms.